The maximum absolute atomic E-state index is 11.9. The van der Waals surface area contributed by atoms with E-state index < -0.39 is 9.84 Å². The van der Waals surface area contributed by atoms with Crippen LogP contribution >= 0.6 is 0 Å². The van der Waals surface area contributed by atoms with Crippen molar-refractivity contribution in [1.29, 1.82) is 0 Å². The molecule has 0 amide bonds. The predicted molar refractivity (Wildman–Crippen MR) is 68.1 cm³/mol. The van der Waals surface area contributed by atoms with Crippen molar-refractivity contribution in [3.8, 4) is 11.1 Å². The van der Waals surface area contributed by atoms with Gasteiger partial charge in [-0.25, -0.2) is 8.42 Å². The number of rotatable bonds is 3. The van der Waals surface area contributed by atoms with E-state index >= 15 is 0 Å². The number of sulfone groups is 1. The van der Waals surface area contributed by atoms with E-state index in [1.807, 2.05) is 18.2 Å². The van der Waals surface area contributed by atoms with Crippen LogP contribution in [-0.2, 0) is 9.84 Å². The van der Waals surface area contributed by atoms with Crippen LogP contribution in [-0.4, -0.2) is 8.42 Å². The zero-order chi connectivity index (χ0) is 12.3. The van der Waals surface area contributed by atoms with Crippen molar-refractivity contribution in [1.82, 2.24) is 0 Å². The molecule has 0 saturated carbocycles. The zero-order valence-electron chi connectivity index (χ0n) is 9.13. The topological polar surface area (TPSA) is 34.1 Å². The summed E-state index contributed by atoms with van der Waals surface area (Å²) in [5.41, 5.74) is 1.40. The van der Waals surface area contributed by atoms with Crippen LogP contribution < -0.4 is 0 Å². The Morgan fingerprint density at radius 1 is 1.06 bits per heavy atom. The Labute approximate surface area is 101 Å². The van der Waals surface area contributed by atoms with Crippen molar-refractivity contribution in [2.24, 2.45) is 0 Å². The smallest absolute Gasteiger partial charge is 0.199 e. The van der Waals surface area contributed by atoms with Crippen LogP contribution in [0.1, 0.15) is 0 Å². The third-order valence-electron chi connectivity index (χ3n) is 2.41. The van der Waals surface area contributed by atoms with Gasteiger partial charge in [0.15, 0.2) is 9.84 Å². The molecular formula is C14H11O2S. The second-order valence-electron chi connectivity index (χ2n) is 3.48. The Kier molecular flexibility index (Phi) is 3.11. The fourth-order valence-corrected chi connectivity index (χ4v) is 2.52. The second-order valence-corrected chi connectivity index (χ2v) is 5.35. The summed E-state index contributed by atoms with van der Waals surface area (Å²) in [6.07, 6.45) is 0. The summed E-state index contributed by atoms with van der Waals surface area (Å²) in [7, 11) is -3.43. The van der Waals surface area contributed by atoms with Crippen LogP contribution in [0.15, 0.2) is 65.4 Å². The Morgan fingerprint density at radius 2 is 1.76 bits per heavy atom. The molecule has 0 heterocycles. The van der Waals surface area contributed by atoms with Crippen molar-refractivity contribution in [2.45, 2.75) is 4.90 Å². The number of hydrogen-bond donors (Lipinski definition) is 0. The molecule has 0 spiro atoms. The van der Waals surface area contributed by atoms with Crippen LogP contribution in [0.5, 0.6) is 0 Å². The lowest BCUT2D eigenvalue weighted by atomic mass is 10.1. The Hall–Kier alpha value is -1.87. The van der Waals surface area contributed by atoms with Gasteiger partial charge >= 0.3 is 0 Å². The monoisotopic (exact) mass is 243 g/mol. The molecule has 17 heavy (non-hydrogen) atoms. The van der Waals surface area contributed by atoms with Crippen molar-refractivity contribution in [2.75, 3.05) is 0 Å². The average molecular weight is 243 g/mol. The highest BCUT2D eigenvalue weighted by Gasteiger charge is 2.15. The summed E-state index contributed by atoms with van der Waals surface area (Å²) in [5.74, 6) is 0. The first-order valence-corrected chi connectivity index (χ1v) is 6.63. The highest BCUT2D eigenvalue weighted by Crippen LogP contribution is 2.27. The van der Waals surface area contributed by atoms with Crippen LogP contribution in [0.25, 0.3) is 11.1 Å². The van der Waals surface area contributed by atoms with E-state index in [4.69, 9.17) is 0 Å². The zero-order valence-corrected chi connectivity index (χ0v) is 9.94. The van der Waals surface area contributed by atoms with Crippen LogP contribution in [0.4, 0.5) is 0 Å². The maximum atomic E-state index is 11.9. The molecule has 85 valence electrons. The van der Waals surface area contributed by atoms with Crippen molar-refractivity contribution >= 4 is 9.84 Å². The Morgan fingerprint density at radius 3 is 2.41 bits per heavy atom. The molecule has 3 heteroatoms. The molecule has 2 aromatic rings. The lowest BCUT2D eigenvalue weighted by molar-refractivity contribution is 0.605. The molecule has 2 rings (SSSR count). The highest BCUT2D eigenvalue weighted by atomic mass is 32.2. The van der Waals surface area contributed by atoms with E-state index in [0.717, 1.165) is 11.0 Å². The van der Waals surface area contributed by atoms with Gasteiger partial charge in [0.25, 0.3) is 0 Å². The molecule has 0 N–H and O–H groups in total. The first kappa shape index (κ1) is 11.6. The standard InChI is InChI=1S/C14H11O2S/c1-2-17(15,16)14-11-7-6-10-13(14)12-8-4-3-5-9-12/h2-8,10-11H,1H2. The molecule has 0 atom stereocenters. The van der Waals surface area contributed by atoms with Crippen molar-refractivity contribution in [3.63, 3.8) is 0 Å². The molecule has 1 radical (unpaired) electrons. The molecule has 2 nitrogen and oxygen atoms in total. The van der Waals surface area contributed by atoms with Gasteiger partial charge in [-0.3, -0.25) is 0 Å². The van der Waals surface area contributed by atoms with E-state index in [1.165, 1.54) is 0 Å². The largest absolute Gasteiger partial charge is 0.219 e. The normalized spacial score (nSPS) is 11.1. The van der Waals surface area contributed by atoms with E-state index in [9.17, 15) is 8.42 Å². The van der Waals surface area contributed by atoms with E-state index in [2.05, 4.69) is 12.6 Å². The minimum Gasteiger partial charge on any atom is -0.219 e. The van der Waals surface area contributed by atoms with Gasteiger partial charge < -0.3 is 0 Å². The fourth-order valence-electron chi connectivity index (χ4n) is 1.59. The van der Waals surface area contributed by atoms with Gasteiger partial charge in [0, 0.05) is 11.0 Å². The minimum absolute atomic E-state index is 0.262. The van der Waals surface area contributed by atoms with Gasteiger partial charge in [0.2, 0.25) is 0 Å². The number of hydrogen-bond acceptors (Lipinski definition) is 2. The minimum atomic E-state index is -3.43. The summed E-state index contributed by atoms with van der Waals surface area (Å²) >= 11 is 0. The molecule has 2 aromatic carbocycles. The van der Waals surface area contributed by atoms with Crippen LogP contribution in [0, 0.1) is 6.07 Å². The Balaban J connectivity index is 2.69. The molecule has 0 saturated heterocycles. The van der Waals surface area contributed by atoms with E-state index in [0.29, 0.717) is 5.56 Å². The molecule has 0 bridgehead atoms. The van der Waals surface area contributed by atoms with E-state index in [1.54, 1.807) is 30.3 Å². The quantitative estimate of drug-likeness (QED) is 0.830. The van der Waals surface area contributed by atoms with Gasteiger partial charge in [0.05, 0.1) is 4.90 Å². The predicted octanol–water partition coefficient (Wildman–Crippen LogP) is 3.07. The third-order valence-corrected chi connectivity index (χ3v) is 3.82. The first-order chi connectivity index (χ1) is 8.15. The van der Waals surface area contributed by atoms with Gasteiger partial charge in [-0.2, -0.15) is 0 Å². The SMILES string of the molecule is C=CS(=O)(=O)c1ccccc1-c1[c]cccc1. The van der Waals surface area contributed by atoms with Crippen LogP contribution in [0.2, 0.25) is 0 Å². The third kappa shape index (κ3) is 2.29. The van der Waals surface area contributed by atoms with Gasteiger partial charge in [-0.15, -0.1) is 0 Å². The molecule has 0 aromatic heterocycles. The van der Waals surface area contributed by atoms with Crippen molar-refractivity contribution < 1.29 is 8.42 Å². The Bertz CT molecular complexity index is 628. The molecule has 0 aliphatic rings. The van der Waals surface area contributed by atoms with Gasteiger partial charge in [-0.1, -0.05) is 49.0 Å². The summed E-state index contributed by atoms with van der Waals surface area (Å²) < 4.78 is 23.7. The second kappa shape index (κ2) is 4.55. The molecule has 0 fully saturated rings. The first-order valence-electron chi connectivity index (χ1n) is 5.09. The van der Waals surface area contributed by atoms with E-state index in [-0.39, 0.29) is 4.90 Å². The molecule has 0 unspecified atom stereocenters. The van der Waals surface area contributed by atoms with Crippen LogP contribution in [0.3, 0.4) is 0 Å². The number of benzene rings is 2. The highest BCUT2D eigenvalue weighted by molar-refractivity contribution is 7.94. The van der Waals surface area contributed by atoms with Gasteiger partial charge in [0.1, 0.15) is 0 Å². The summed E-state index contributed by atoms with van der Waals surface area (Å²) in [6.45, 7) is 3.35. The summed E-state index contributed by atoms with van der Waals surface area (Å²) in [5, 5.41) is 0.967. The molecular weight excluding hydrogens is 232 g/mol. The van der Waals surface area contributed by atoms with Crippen molar-refractivity contribution in [3.05, 3.63) is 66.6 Å². The summed E-state index contributed by atoms with van der Waals surface area (Å²) in [6, 6.07) is 17.1. The van der Waals surface area contributed by atoms with Gasteiger partial charge in [-0.05, 0) is 17.7 Å². The lowest BCUT2D eigenvalue weighted by Gasteiger charge is -2.07. The lowest BCUT2D eigenvalue weighted by Crippen LogP contribution is -1.98. The molecule has 0 aliphatic heterocycles. The summed E-state index contributed by atoms with van der Waals surface area (Å²) in [4.78, 5) is 0.262. The maximum Gasteiger partial charge on any atom is 0.199 e. The average Bonchev–Trinajstić information content (AvgIpc) is 2.40. The molecule has 0 aliphatic carbocycles. The fraction of sp³-hybridized carbons (Fsp3) is 0.